The Morgan fingerprint density at radius 2 is 1.86 bits per heavy atom. The molecule has 3 nitrogen and oxygen atoms in total. The van der Waals surface area contributed by atoms with E-state index in [0.717, 1.165) is 17.2 Å². The summed E-state index contributed by atoms with van der Waals surface area (Å²) in [7, 11) is 0. The highest BCUT2D eigenvalue weighted by molar-refractivity contribution is 5.24. The fourth-order valence-corrected chi connectivity index (χ4v) is 2.07. The fourth-order valence-electron chi connectivity index (χ4n) is 2.07. The molecule has 6 heteroatoms. The summed E-state index contributed by atoms with van der Waals surface area (Å²) in [6, 6.07) is 9.60. The van der Waals surface area contributed by atoms with Crippen molar-refractivity contribution in [2.75, 3.05) is 6.54 Å². The van der Waals surface area contributed by atoms with E-state index in [1.165, 1.54) is 12.3 Å². The molecule has 1 atom stereocenters. The number of rotatable bonds is 5. The van der Waals surface area contributed by atoms with E-state index >= 15 is 0 Å². The van der Waals surface area contributed by atoms with Gasteiger partial charge >= 0.3 is 6.18 Å². The summed E-state index contributed by atoms with van der Waals surface area (Å²) < 4.78 is 38.5. The highest BCUT2D eigenvalue weighted by atomic mass is 19.4. The standard InChI is InChI=1S/C16H17F3N2O/c1-11-4-6-12(7-5-11)15(22)10-20-9-14-13(16(17,18)19)3-2-8-21-14/h2-8,15,20,22H,9-10H2,1H3. The minimum Gasteiger partial charge on any atom is -0.387 e. The molecule has 1 unspecified atom stereocenters. The SMILES string of the molecule is Cc1ccc(C(O)CNCc2ncccc2C(F)(F)F)cc1. The van der Waals surface area contributed by atoms with Gasteiger partial charge in [-0.15, -0.1) is 0 Å². The Balaban J connectivity index is 1.95. The number of nitrogens with one attached hydrogen (secondary N) is 1. The van der Waals surface area contributed by atoms with Crippen LogP contribution in [0.3, 0.4) is 0 Å². The zero-order chi connectivity index (χ0) is 16.2. The fraction of sp³-hybridized carbons (Fsp3) is 0.312. The average Bonchev–Trinajstić information content (AvgIpc) is 2.47. The minimum atomic E-state index is -4.43. The second-order valence-electron chi connectivity index (χ2n) is 5.05. The Kier molecular flexibility index (Phi) is 5.15. The monoisotopic (exact) mass is 310 g/mol. The highest BCUT2D eigenvalue weighted by Crippen LogP contribution is 2.30. The van der Waals surface area contributed by atoms with Crippen molar-refractivity contribution in [2.45, 2.75) is 25.7 Å². The van der Waals surface area contributed by atoms with Gasteiger partial charge in [-0.25, -0.2) is 0 Å². The van der Waals surface area contributed by atoms with E-state index in [1.54, 1.807) is 12.1 Å². The van der Waals surface area contributed by atoms with Crippen molar-refractivity contribution in [2.24, 2.45) is 0 Å². The first-order valence-corrected chi connectivity index (χ1v) is 6.84. The van der Waals surface area contributed by atoms with Crippen molar-refractivity contribution in [1.29, 1.82) is 0 Å². The molecule has 2 N–H and O–H groups in total. The van der Waals surface area contributed by atoms with Crippen LogP contribution in [0.4, 0.5) is 13.2 Å². The molecule has 0 aliphatic rings. The van der Waals surface area contributed by atoms with E-state index in [0.29, 0.717) is 0 Å². The van der Waals surface area contributed by atoms with Crippen molar-refractivity contribution in [1.82, 2.24) is 10.3 Å². The van der Waals surface area contributed by atoms with Gasteiger partial charge in [-0.1, -0.05) is 29.8 Å². The van der Waals surface area contributed by atoms with E-state index in [9.17, 15) is 18.3 Å². The summed E-state index contributed by atoms with van der Waals surface area (Å²) in [5.41, 5.74) is 0.959. The van der Waals surface area contributed by atoms with Crippen LogP contribution >= 0.6 is 0 Å². The van der Waals surface area contributed by atoms with Gasteiger partial charge in [0.15, 0.2) is 0 Å². The second-order valence-corrected chi connectivity index (χ2v) is 5.05. The van der Waals surface area contributed by atoms with Crippen LogP contribution < -0.4 is 5.32 Å². The molecule has 2 rings (SSSR count). The number of hydrogen-bond acceptors (Lipinski definition) is 3. The van der Waals surface area contributed by atoms with Gasteiger partial charge in [0.25, 0.3) is 0 Å². The molecule has 118 valence electrons. The summed E-state index contributed by atoms with van der Waals surface area (Å²) in [6.45, 7) is 2.03. The first-order chi connectivity index (χ1) is 10.4. The van der Waals surface area contributed by atoms with Crippen molar-refractivity contribution >= 4 is 0 Å². The normalized spacial score (nSPS) is 13.1. The van der Waals surface area contributed by atoms with E-state index in [1.807, 2.05) is 19.1 Å². The molecule has 0 amide bonds. The quantitative estimate of drug-likeness (QED) is 0.891. The van der Waals surface area contributed by atoms with E-state index in [4.69, 9.17) is 0 Å². The molecule has 0 fully saturated rings. The summed E-state index contributed by atoms with van der Waals surface area (Å²) in [5.74, 6) is 0. The van der Waals surface area contributed by atoms with Crippen molar-refractivity contribution in [3.63, 3.8) is 0 Å². The molecule has 0 saturated heterocycles. The number of halogens is 3. The van der Waals surface area contributed by atoms with Crippen molar-refractivity contribution in [3.05, 3.63) is 65.0 Å². The number of hydrogen-bond donors (Lipinski definition) is 2. The number of aryl methyl sites for hydroxylation is 1. The Morgan fingerprint density at radius 1 is 1.18 bits per heavy atom. The Hall–Kier alpha value is -1.92. The topological polar surface area (TPSA) is 45.1 Å². The Morgan fingerprint density at radius 3 is 2.50 bits per heavy atom. The molecule has 0 radical (unpaired) electrons. The first-order valence-electron chi connectivity index (χ1n) is 6.84. The molecule has 1 heterocycles. The molecular weight excluding hydrogens is 293 g/mol. The molecule has 2 aromatic rings. The van der Waals surface area contributed by atoms with E-state index < -0.39 is 17.8 Å². The third-order valence-electron chi connectivity index (χ3n) is 3.29. The number of nitrogens with zero attached hydrogens (tertiary/aromatic N) is 1. The second kappa shape index (κ2) is 6.89. The zero-order valence-electron chi connectivity index (χ0n) is 12.1. The van der Waals surface area contributed by atoms with Crippen LogP contribution in [0.25, 0.3) is 0 Å². The first kappa shape index (κ1) is 16.5. The molecule has 0 aliphatic heterocycles. The lowest BCUT2D eigenvalue weighted by Gasteiger charge is -2.15. The molecule has 0 aliphatic carbocycles. The number of alkyl halides is 3. The Labute approximate surface area is 126 Å². The summed E-state index contributed by atoms with van der Waals surface area (Å²) in [6.07, 6.45) is -3.89. The highest BCUT2D eigenvalue weighted by Gasteiger charge is 2.33. The maximum absolute atomic E-state index is 12.8. The third kappa shape index (κ3) is 4.29. The minimum absolute atomic E-state index is 0.0569. The van der Waals surface area contributed by atoms with Crippen molar-refractivity contribution in [3.8, 4) is 0 Å². The summed E-state index contributed by atoms with van der Waals surface area (Å²) >= 11 is 0. The summed E-state index contributed by atoms with van der Waals surface area (Å²) in [4.78, 5) is 3.76. The molecule has 0 bridgehead atoms. The lowest BCUT2D eigenvalue weighted by Crippen LogP contribution is -2.23. The van der Waals surface area contributed by atoms with Gasteiger partial charge in [0.1, 0.15) is 0 Å². The zero-order valence-corrected chi connectivity index (χ0v) is 12.1. The van der Waals surface area contributed by atoms with Gasteiger partial charge in [0, 0.05) is 19.3 Å². The summed E-state index contributed by atoms with van der Waals surface area (Å²) in [5, 5.41) is 12.8. The van der Waals surface area contributed by atoms with Gasteiger partial charge in [0.2, 0.25) is 0 Å². The number of aromatic nitrogens is 1. The predicted molar refractivity (Wildman–Crippen MR) is 77.1 cm³/mol. The number of aliphatic hydroxyl groups is 1. The molecule has 1 aromatic heterocycles. The number of pyridine rings is 1. The number of aliphatic hydroxyl groups excluding tert-OH is 1. The van der Waals surface area contributed by atoms with Gasteiger partial charge in [-0.05, 0) is 24.6 Å². The Bertz CT molecular complexity index is 612. The largest absolute Gasteiger partial charge is 0.418 e. The van der Waals surface area contributed by atoms with Gasteiger partial charge in [0.05, 0.1) is 17.4 Å². The van der Waals surface area contributed by atoms with Gasteiger partial charge < -0.3 is 10.4 Å². The van der Waals surface area contributed by atoms with Crippen LogP contribution in [0, 0.1) is 6.92 Å². The van der Waals surface area contributed by atoms with Crippen LogP contribution in [0.5, 0.6) is 0 Å². The molecular formula is C16H17F3N2O. The third-order valence-corrected chi connectivity index (χ3v) is 3.29. The predicted octanol–water partition coefficient (Wildman–Crippen LogP) is 3.23. The lowest BCUT2D eigenvalue weighted by atomic mass is 10.1. The maximum Gasteiger partial charge on any atom is 0.418 e. The van der Waals surface area contributed by atoms with E-state index in [2.05, 4.69) is 10.3 Å². The molecule has 22 heavy (non-hydrogen) atoms. The molecule has 0 saturated carbocycles. The van der Waals surface area contributed by atoms with Crippen LogP contribution in [-0.4, -0.2) is 16.6 Å². The average molecular weight is 310 g/mol. The maximum atomic E-state index is 12.8. The van der Waals surface area contributed by atoms with Crippen LogP contribution in [-0.2, 0) is 12.7 Å². The van der Waals surface area contributed by atoms with Gasteiger partial charge in [-0.2, -0.15) is 13.2 Å². The molecule has 0 spiro atoms. The van der Waals surface area contributed by atoms with Gasteiger partial charge in [-0.3, -0.25) is 4.98 Å². The van der Waals surface area contributed by atoms with Crippen LogP contribution in [0.2, 0.25) is 0 Å². The van der Waals surface area contributed by atoms with Crippen molar-refractivity contribution < 1.29 is 18.3 Å². The number of benzene rings is 1. The lowest BCUT2D eigenvalue weighted by molar-refractivity contribution is -0.138. The van der Waals surface area contributed by atoms with Crippen LogP contribution in [0.1, 0.15) is 28.5 Å². The smallest absolute Gasteiger partial charge is 0.387 e. The van der Waals surface area contributed by atoms with Crippen LogP contribution in [0.15, 0.2) is 42.6 Å². The molecule has 1 aromatic carbocycles. The van der Waals surface area contributed by atoms with E-state index in [-0.39, 0.29) is 18.8 Å².